The third-order valence-electron chi connectivity index (χ3n) is 2.49. The highest BCUT2D eigenvalue weighted by Crippen LogP contribution is 2.15. The molecular weight excluding hydrogens is 254 g/mol. The Balaban J connectivity index is 2.97. The molecule has 1 heterocycles. The van der Waals surface area contributed by atoms with Gasteiger partial charge in [-0.05, 0) is 20.3 Å². The van der Waals surface area contributed by atoms with E-state index in [1.54, 1.807) is 0 Å². The van der Waals surface area contributed by atoms with Gasteiger partial charge in [0.25, 0.3) is 0 Å². The summed E-state index contributed by atoms with van der Waals surface area (Å²) in [7, 11) is 2.06. The number of rotatable bonds is 4. The number of alkyl halides is 1. The highest BCUT2D eigenvalue weighted by molar-refractivity contribution is 9.09. The quantitative estimate of drug-likeness (QED) is 0.789. The summed E-state index contributed by atoms with van der Waals surface area (Å²) < 4.78 is 0. The van der Waals surface area contributed by atoms with Crippen molar-refractivity contribution in [2.45, 2.75) is 33.2 Å². The van der Waals surface area contributed by atoms with E-state index >= 15 is 0 Å². The van der Waals surface area contributed by atoms with Gasteiger partial charge in [0.1, 0.15) is 11.6 Å². The highest BCUT2D eigenvalue weighted by Gasteiger charge is 2.11. The van der Waals surface area contributed by atoms with Crippen LogP contribution in [-0.2, 0) is 6.42 Å². The second-order valence-corrected chi connectivity index (χ2v) is 4.38. The zero-order valence-electron chi connectivity index (χ0n) is 9.79. The Morgan fingerprint density at radius 3 is 2.67 bits per heavy atom. The van der Waals surface area contributed by atoms with Crippen molar-refractivity contribution in [3.63, 3.8) is 0 Å². The molecule has 1 unspecified atom stereocenters. The van der Waals surface area contributed by atoms with Gasteiger partial charge in [-0.3, -0.25) is 0 Å². The van der Waals surface area contributed by atoms with Crippen LogP contribution in [0.2, 0.25) is 0 Å². The molecule has 3 nitrogen and oxygen atoms in total. The first kappa shape index (κ1) is 12.4. The van der Waals surface area contributed by atoms with Gasteiger partial charge in [0, 0.05) is 30.2 Å². The third kappa shape index (κ3) is 3.16. The molecule has 0 fully saturated rings. The van der Waals surface area contributed by atoms with E-state index in [0.717, 1.165) is 29.1 Å². The summed E-state index contributed by atoms with van der Waals surface area (Å²) in [5, 5.41) is 0.939. The predicted molar refractivity (Wildman–Crippen MR) is 67.8 cm³/mol. The number of hydrogen-bond acceptors (Lipinski definition) is 3. The van der Waals surface area contributed by atoms with E-state index in [2.05, 4.69) is 57.8 Å². The minimum atomic E-state index is 0.434. The zero-order valence-corrected chi connectivity index (χ0v) is 11.4. The summed E-state index contributed by atoms with van der Waals surface area (Å²) in [6.07, 6.45) is 0.951. The Bertz CT molecular complexity index is 328. The fraction of sp³-hybridized carbons (Fsp3) is 0.636. The first-order valence-electron chi connectivity index (χ1n) is 5.21. The summed E-state index contributed by atoms with van der Waals surface area (Å²) in [5.74, 6) is 1.85. The maximum Gasteiger partial charge on any atom is 0.132 e. The fourth-order valence-electron chi connectivity index (χ4n) is 1.30. The molecule has 0 aliphatic carbocycles. The fourth-order valence-corrected chi connectivity index (χ4v) is 1.74. The summed E-state index contributed by atoms with van der Waals surface area (Å²) in [5.41, 5.74) is 1.10. The van der Waals surface area contributed by atoms with Crippen LogP contribution in [0.25, 0.3) is 0 Å². The third-order valence-corrected chi connectivity index (χ3v) is 3.42. The van der Waals surface area contributed by atoms with Crippen LogP contribution in [0.5, 0.6) is 0 Å². The molecule has 0 amide bonds. The molecule has 1 rings (SSSR count). The molecule has 84 valence electrons. The van der Waals surface area contributed by atoms with E-state index in [0.29, 0.717) is 6.04 Å². The van der Waals surface area contributed by atoms with Crippen molar-refractivity contribution in [3.05, 3.63) is 17.6 Å². The van der Waals surface area contributed by atoms with Gasteiger partial charge in [0.2, 0.25) is 0 Å². The van der Waals surface area contributed by atoms with Crippen LogP contribution < -0.4 is 4.90 Å². The van der Waals surface area contributed by atoms with Crippen molar-refractivity contribution < 1.29 is 0 Å². The second kappa shape index (κ2) is 5.45. The molecule has 0 radical (unpaired) electrons. The summed E-state index contributed by atoms with van der Waals surface area (Å²) in [4.78, 5) is 11.0. The number of hydrogen-bond donors (Lipinski definition) is 0. The lowest BCUT2D eigenvalue weighted by Crippen LogP contribution is -2.31. The van der Waals surface area contributed by atoms with E-state index in [-0.39, 0.29) is 0 Å². The number of aromatic nitrogens is 2. The van der Waals surface area contributed by atoms with Gasteiger partial charge in [-0.1, -0.05) is 22.9 Å². The molecule has 1 aromatic heterocycles. The molecule has 1 atom stereocenters. The summed E-state index contributed by atoms with van der Waals surface area (Å²) in [6, 6.07) is 2.50. The molecule has 0 saturated carbocycles. The van der Waals surface area contributed by atoms with Crippen LogP contribution in [0.3, 0.4) is 0 Å². The van der Waals surface area contributed by atoms with E-state index in [1.165, 1.54) is 0 Å². The van der Waals surface area contributed by atoms with Gasteiger partial charge in [-0.2, -0.15) is 0 Å². The first-order valence-corrected chi connectivity index (χ1v) is 6.34. The Hall–Kier alpha value is -0.640. The lowest BCUT2D eigenvalue weighted by atomic mass is 10.3. The van der Waals surface area contributed by atoms with Crippen LogP contribution in [0.15, 0.2) is 6.07 Å². The number of anilines is 1. The largest absolute Gasteiger partial charge is 0.356 e. The van der Waals surface area contributed by atoms with Gasteiger partial charge < -0.3 is 4.90 Å². The Kier molecular flexibility index (Phi) is 4.51. The van der Waals surface area contributed by atoms with Crippen LogP contribution in [0.1, 0.15) is 25.4 Å². The number of nitrogens with zero attached hydrogens (tertiary/aromatic N) is 3. The lowest BCUT2D eigenvalue weighted by Gasteiger charge is -2.24. The summed E-state index contributed by atoms with van der Waals surface area (Å²) in [6.45, 7) is 6.21. The van der Waals surface area contributed by atoms with Gasteiger partial charge in [-0.15, -0.1) is 0 Å². The average molecular weight is 272 g/mol. The number of aryl methyl sites for hydroxylation is 2. The van der Waals surface area contributed by atoms with Crippen LogP contribution >= 0.6 is 15.9 Å². The van der Waals surface area contributed by atoms with E-state index in [9.17, 15) is 0 Å². The maximum absolute atomic E-state index is 4.44. The van der Waals surface area contributed by atoms with E-state index < -0.39 is 0 Å². The van der Waals surface area contributed by atoms with Crippen LogP contribution in [-0.4, -0.2) is 28.4 Å². The molecule has 0 bridgehead atoms. The predicted octanol–water partition coefficient (Wildman–Crippen LogP) is 2.57. The monoisotopic (exact) mass is 271 g/mol. The van der Waals surface area contributed by atoms with Crippen LogP contribution in [0.4, 0.5) is 5.82 Å². The van der Waals surface area contributed by atoms with Gasteiger partial charge >= 0.3 is 0 Å². The van der Waals surface area contributed by atoms with E-state index in [4.69, 9.17) is 0 Å². The minimum absolute atomic E-state index is 0.434. The van der Waals surface area contributed by atoms with Crippen molar-refractivity contribution in [2.24, 2.45) is 0 Å². The molecule has 0 N–H and O–H groups in total. The number of halogens is 1. The second-order valence-electron chi connectivity index (χ2n) is 3.73. The van der Waals surface area contributed by atoms with Crippen molar-refractivity contribution in [3.8, 4) is 0 Å². The maximum atomic E-state index is 4.44. The van der Waals surface area contributed by atoms with Crippen molar-refractivity contribution in [1.82, 2.24) is 9.97 Å². The molecule has 4 heteroatoms. The van der Waals surface area contributed by atoms with Gasteiger partial charge in [0.05, 0.1) is 0 Å². The topological polar surface area (TPSA) is 29.0 Å². The van der Waals surface area contributed by atoms with E-state index in [1.807, 2.05) is 6.92 Å². The van der Waals surface area contributed by atoms with Crippen molar-refractivity contribution >= 4 is 21.7 Å². The van der Waals surface area contributed by atoms with Gasteiger partial charge in [0.15, 0.2) is 0 Å². The Morgan fingerprint density at radius 2 is 2.13 bits per heavy atom. The lowest BCUT2D eigenvalue weighted by molar-refractivity contribution is 0.748. The summed E-state index contributed by atoms with van der Waals surface area (Å²) >= 11 is 3.48. The molecule has 1 aromatic rings. The zero-order chi connectivity index (χ0) is 11.4. The minimum Gasteiger partial charge on any atom is -0.356 e. The van der Waals surface area contributed by atoms with Crippen LogP contribution in [0, 0.1) is 6.92 Å². The molecule has 0 spiro atoms. The molecule has 0 aromatic carbocycles. The first-order chi connectivity index (χ1) is 7.08. The molecule has 0 saturated heterocycles. The molecule has 15 heavy (non-hydrogen) atoms. The highest BCUT2D eigenvalue weighted by atomic mass is 79.9. The average Bonchev–Trinajstić information content (AvgIpc) is 2.26. The molecule has 0 aliphatic heterocycles. The Labute approximate surface area is 100 Å². The Morgan fingerprint density at radius 1 is 1.47 bits per heavy atom. The molecule has 0 aliphatic rings. The SMILES string of the molecule is CCc1cc(N(C)C(C)CBr)nc(C)n1. The normalized spacial score (nSPS) is 12.6. The standard InChI is InChI=1S/C11H18BrN3/c1-5-10-6-11(14-9(3)13-10)15(4)8(2)7-12/h6,8H,5,7H2,1-4H3. The van der Waals surface area contributed by atoms with Crippen molar-refractivity contribution in [2.75, 3.05) is 17.3 Å². The van der Waals surface area contributed by atoms with Crippen molar-refractivity contribution in [1.29, 1.82) is 0 Å². The molecular formula is C11H18BrN3. The smallest absolute Gasteiger partial charge is 0.132 e. The van der Waals surface area contributed by atoms with Gasteiger partial charge in [-0.25, -0.2) is 9.97 Å².